The summed E-state index contributed by atoms with van der Waals surface area (Å²) in [5, 5.41) is 3.98. The average molecular weight is 558 g/mol. The molecule has 0 radical (unpaired) electrons. The molecular formula is C29H29Cl2NO6. The van der Waals surface area contributed by atoms with Crippen molar-refractivity contribution >= 4 is 40.9 Å². The Morgan fingerprint density at radius 3 is 2.45 bits per heavy atom. The van der Waals surface area contributed by atoms with E-state index >= 15 is 0 Å². The van der Waals surface area contributed by atoms with Gasteiger partial charge in [-0.15, -0.1) is 0 Å². The maximum Gasteiger partial charge on any atom is 0.336 e. The number of carbonyl (C=O) groups is 3. The second kappa shape index (κ2) is 11.6. The van der Waals surface area contributed by atoms with Gasteiger partial charge in [0.2, 0.25) is 0 Å². The number of methoxy groups -OCH3 is 1. The van der Waals surface area contributed by atoms with E-state index < -0.39 is 35.5 Å². The molecule has 0 unspecified atom stereocenters. The van der Waals surface area contributed by atoms with Crippen molar-refractivity contribution in [3.8, 4) is 5.75 Å². The zero-order valence-corrected chi connectivity index (χ0v) is 23.1. The second-order valence-corrected chi connectivity index (χ2v) is 9.90. The highest BCUT2D eigenvalue weighted by Gasteiger charge is 2.49. The summed E-state index contributed by atoms with van der Waals surface area (Å²) in [5.41, 5.74) is 2.99. The number of ketones is 1. The third-order valence-corrected chi connectivity index (χ3v) is 7.41. The van der Waals surface area contributed by atoms with Gasteiger partial charge in [0.05, 0.1) is 25.9 Å². The fraction of sp³-hybridized carbons (Fsp3) is 0.345. The molecule has 9 heteroatoms. The van der Waals surface area contributed by atoms with Gasteiger partial charge in [-0.25, -0.2) is 4.79 Å². The third kappa shape index (κ3) is 5.18. The van der Waals surface area contributed by atoms with E-state index in [0.717, 1.165) is 5.56 Å². The minimum Gasteiger partial charge on any atom is -0.497 e. The number of rotatable bonds is 7. The lowest BCUT2D eigenvalue weighted by molar-refractivity contribution is -0.152. The maximum atomic E-state index is 14.3. The summed E-state index contributed by atoms with van der Waals surface area (Å²) in [7, 11) is 1.56. The minimum atomic E-state index is -1.13. The van der Waals surface area contributed by atoms with Crippen LogP contribution in [-0.4, -0.2) is 38.0 Å². The molecule has 1 aliphatic carbocycles. The van der Waals surface area contributed by atoms with Crippen LogP contribution in [0.1, 0.15) is 50.2 Å². The van der Waals surface area contributed by atoms with Crippen molar-refractivity contribution in [3.63, 3.8) is 0 Å². The Hall–Kier alpha value is -3.29. The van der Waals surface area contributed by atoms with Gasteiger partial charge in [-0.1, -0.05) is 41.4 Å². The number of hydrogen-bond donors (Lipinski definition) is 1. The average Bonchev–Trinajstić information content (AvgIpc) is 2.88. The normalized spacial score (nSPS) is 21.0. The molecule has 2 aromatic carbocycles. The largest absolute Gasteiger partial charge is 0.497 e. The number of esters is 2. The zero-order chi connectivity index (χ0) is 27.6. The number of ether oxygens (including phenoxy) is 3. The first-order valence-electron chi connectivity index (χ1n) is 12.4. The van der Waals surface area contributed by atoms with Crippen molar-refractivity contribution < 1.29 is 28.6 Å². The topological polar surface area (TPSA) is 90.9 Å². The van der Waals surface area contributed by atoms with E-state index in [2.05, 4.69) is 5.32 Å². The van der Waals surface area contributed by atoms with Crippen LogP contribution in [0.4, 0.5) is 0 Å². The van der Waals surface area contributed by atoms with Crippen LogP contribution in [0.15, 0.2) is 65.0 Å². The summed E-state index contributed by atoms with van der Waals surface area (Å²) >= 11 is 12.8. The summed E-state index contributed by atoms with van der Waals surface area (Å²) in [6, 6.07) is 12.2. The summed E-state index contributed by atoms with van der Waals surface area (Å²) in [4.78, 5) is 40.8. The molecule has 0 fully saturated rings. The van der Waals surface area contributed by atoms with Gasteiger partial charge in [-0.2, -0.15) is 0 Å². The van der Waals surface area contributed by atoms with Crippen LogP contribution in [0.25, 0.3) is 0 Å². The lowest BCUT2D eigenvalue weighted by Crippen LogP contribution is -2.43. The van der Waals surface area contributed by atoms with Crippen molar-refractivity contribution in [2.75, 3.05) is 20.3 Å². The highest BCUT2D eigenvalue weighted by molar-refractivity contribution is 6.35. The number of nitrogens with one attached hydrogen (secondary N) is 1. The number of allylic oxidation sites excluding steroid dienone is 3. The zero-order valence-electron chi connectivity index (χ0n) is 21.6. The van der Waals surface area contributed by atoms with Crippen molar-refractivity contribution in [1.29, 1.82) is 0 Å². The van der Waals surface area contributed by atoms with Crippen LogP contribution in [-0.2, 0) is 23.9 Å². The summed E-state index contributed by atoms with van der Waals surface area (Å²) < 4.78 is 16.1. The predicted octanol–water partition coefficient (Wildman–Crippen LogP) is 5.72. The van der Waals surface area contributed by atoms with E-state index in [1.54, 1.807) is 52.1 Å². The van der Waals surface area contributed by atoms with Gasteiger partial charge < -0.3 is 19.5 Å². The monoisotopic (exact) mass is 557 g/mol. The molecule has 38 heavy (non-hydrogen) atoms. The van der Waals surface area contributed by atoms with Gasteiger partial charge in [0.25, 0.3) is 0 Å². The molecule has 0 bridgehead atoms. The van der Waals surface area contributed by atoms with Gasteiger partial charge in [0, 0.05) is 38.8 Å². The lowest BCUT2D eigenvalue weighted by Gasteiger charge is -2.39. The molecule has 4 rings (SSSR count). The van der Waals surface area contributed by atoms with Crippen molar-refractivity contribution in [3.05, 3.63) is 86.2 Å². The van der Waals surface area contributed by atoms with E-state index in [1.807, 2.05) is 18.2 Å². The Bertz CT molecular complexity index is 1350. The molecule has 0 aromatic heterocycles. The fourth-order valence-corrected chi connectivity index (χ4v) is 5.77. The number of Topliss-reactive ketones (excluding diaryl/α,β-unsaturated/α-hetero) is 1. The van der Waals surface area contributed by atoms with Gasteiger partial charge in [-0.05, 0) is 62.6 Å². The SMILES string of the molecule is CCOC(=O)C1=C(C)NC2=C(C(=O)[C@H](C(=O)OCC)[C@@H](c3cccc(OC)c3)C2)[C@H]1c1ccc(Cl)cc1Cl. The van der Waals surface area contributed by atoms with Crippen LogP contribution >= 0.6 is 23.2 Å². The Labute approximate surface area is 231 Å². The first-order valence-corrected chi connectivity index (χ1v) is 13.1. The lowest BCUT2D eigenvalue weighted by atomic mass is 9.67. The Kier molecular flexibility index (Phi) is 8.48. The Morgan fingerprint density at radius 1 is 1.05 bits per heavy atom. The number of dihydropyridines is 1. The van der Waals surface area contributed by atoms with Crippen molar-refractivity contribution in [1.82, 2.24) is 5.32 Å². The molecule has 3 atom stereocenters. The molecule has 0 saturated heterocycles. The van der Waals surface area contributed by atoms with Crippen LogP contribution in [0.3, 0.4) is 0 Å². The smallest absolute Gasteiger partial charge is 0.336 e. The Balaban J connectivity index is 1.93. The molecule has 0 spiro atoms. The molecule has 0 amide bonds. The molecule has 2 aromatic rings. The van der Waals surface area contributed by atoms with E-state index in [-0.39, 0.29) is 18.8 Å². The van der Waals surface area contributed by atoms with Gasteiger partial charge in [0.15, 0.2) is 5.78 Å². The molecule has 1 aliphatic heterocycles. The van der Waals surface area contributed by atoms with E-state index in [1.165, 1.54) is 0 Å². The second-order valence-electron chi connectivity index (χ2n) is 9.06. The Morgan fingerprint density at radius 2 is 1.79 bits per heavy atom. The van der Waals surface area contributed by atoms with Crippen molar-refractivity contribution in [2.24, 2.45) is 5.92 Å². The number of hydrogen-bond acceptors (Lipinski definition) is 7. The third-order valence-electron chi connectivity index (χ3n) is 6.85. The molecule has 2 aliphatic rings. The number of halogens is 2. The summed E-state index contributed by atoms with van der Waals surface area (Å²) in [6.45, 7) is 5.44. The molecule has 7 nitrogen and oxygen atoms in total. The summed E-state index contributed by atoms with van der Waals surface area (Å²) in [5.74, 6) is -3.52. The van der Waals surface area contributed by atoms with Crippen LogP contribution in [0.2, 0.25) is 10.0 Å². The van der Waals surface area contributed by atoms with Gasteiger partial charge >= 0.3 is 11.9 Å². The first-order chi connectivity index (χ1) is 18.2. The molecular weight excluding hydrogens is 529 g/mol. The van der Waals surface area contributed by atoms with Crippen LogP contribution < -0.4 is 10.1 Å². The van der Waals surface area contributed by atoms with Gasteiger partial charge in [-0.3, -0.25) is 9.59 Å². The van der Waals surface area contributed by atoms with Crippen molar-refractivity contribution in [2.45, 2.75) is 39.0 Å². The maximum absolute atomic E-state index is 14.3. The van der Waals surface area contributed by atoms with E-state index in [4.69, 9.17) is 37.4 Å². The number of benzene rings is 2. The molecule has 1 heterocycles. The van der Waals surface area contributed by atoms with Gasteiger partial charge in [0.1, 0.15) is 11.7 Å². The molecule has 200 valence electrons. The van der Waals surface area contributed by atoms with E-state index in [0.29, 0.717) is 44.7 Å². The van der Waals surface area contributed by atoms with Crippen LogP contribution in [0.5, 0.6) is 5.75 Å². The van der Waals surface area contributed by atoms with E-state index in [9.17, 15) is 14.4 Å². The standard InChI is InChI=1S/C29H29Cl2NO6/c1-5-37-28(34)23-15(3)32-22-14-20(16-8-7-9-18(12-16)36-4)25(29(35)38-6-2)27(33)26(22)24(23)19-11-10-17(30)13-21(19)31/h7-13,20,24-25,32H,5-6,14H2,1-4H3/t20-,24+,25-/m1/s1. The quantitative estimate of drug-likeness (QED) is 0.344. The van der Waals surface area contributed by atoms with Crippen LogP contribution in [0, 0.1) is 5.92 Å². The fourth-order valence-electron chi connectivity index (χ4n) is 5.25. The summed E-state index contributed by atoms with van der Waals surface area (Å²) in [6.07, 6.45) is 0.326. The number of carbonyl (C=O) groups excluding carboxylic acids is 3. The minimum absolute atomic E-state index is 0.122. The highest BCUT2D eigenvalue weighted by atomic mass is 35.5. The highest BCUT2D eigenvalue weighted by Crippen LogP contribution is 2.49. The molecule has 1 N–H and O–H groups in total. The predicted molar refractivity (Wildman–Crippen MR) is 144 cm³/mol. The molecule has 0 saturated carbocycles. The first kappa shape index (κ1) is 27.7.